The highest BCUT2D eigenvalue weighted by molar-refractivity contribution is 5.68. The van der Waals surface area contributed by atoms with E-state index in [4.69, 9.17) is 4.74 Å². The number of fused-ring (bicyclic) bond motifs is 3. The van der Waals surface area contributed by atoms with E-state index in [1.54, 1.807) is 7.11 Å². The number of anilines is 1. The van der Waals surface area contributed by atoms with Crippen LogP contribution in [0, 0.1) is 0 Å². The van der Waals surface area contributed by atoms with E-state index in [-0.39, 0.29) is 5.54 Å². The molecule has 0 amide bonds. The van der Waals surface area contributed by atoms with Gasteiger partial charge in [-0.15, -0.1) is 0 Å². The fourth-order valence-electron chi connectivity index (χ4n) is 3.28. The van der Waals surface area contributed by atoms with Crippen LogP contribution in [0.3, 0.4) is 0 Å². The molecule has 3 nitrogen and oxygen atoms in total. The zero-order valence-electron chi connectivity index (χ0n) is 10.7. The second kappa shape index (κ2) is 3.64. The molecule has 92 valence electrons. The molecule has 2 N–H and O–H groups in total. The molecule has 1 aromatic rings. The van der Waals surface area contributed by atoms with Crippen LogP contribution in [-0.2, 0) is 0 Å². The van der Waals surface area contributed by atoms with Crippen LogP contribution in [0.25, 0.3) is 0 Å². The molecule has 17 heavy (non-hydrogen) atoms. The number of hydrogen-bond donors (Lipinski definition) is 2. The minimum Gasteiger partial charge on any atom is -0.495 e. The predicted octanol–water partition coefficient (Wildman–Crippen LogP) is 2.34. The summed E-state index contributed by atoms with van der Waals surface area (Å²) < 4.78 is 5.45. The highest BCUT2D eigenvalue weighted by atomic mass is 16.5. The van der Waals surface area contributed by atoms with Gasteiger partial charge in [-0.05, 0) is 38.4 Å². The van der Waals surface area contributed by atoms with Gasteiger partial charge in [-0.3, -0.25) is 0 Å². The minimum absolute atomic E-state index is 0.132. The first-order valence-corrected chi connectivity index (χ1v) is 6.32. The standard InChI is InChI=1S/C14H20N2O/c1-14(2)13-10(7-8-15-14)9-5-4-6-11(17-3)12(9)16-13/h4-6,10,13,15-16H,7-8H2,1-3H3. The highest BCUT2D eigenvalue weighted by Gasteiger charge is 2.44. The number of methoxy groups -OCH3 is 1. The van der Waals surface area contributed by atoms with Crippen molar-refractivity contribution in [3.63, 3.8) is 0 Å². The lowest BCUT2D eigenvalue weighted by molar-refractivity contribution is 0.256. The molecule has 0 bridgehead atoms. The Morgan fingerprint density at radius 1 is 1.35 bits per heavy atom. The van der Waals surface area contributed by atoms with E-state index in [2.05, 4.69) is 36.6 Å². The Hall–Kier alpha value is -1.22. The molecule has 2 heterocycles. The van der Waals surface area contributed by atoms with Gasteiger partial charge in [0.1, 0.15) is 5.75 Å². The van der Waals surface area contributed by atoms with Crippen molar-refractivity contribution < 1.29 is 4.74 Å². The first-order valence-electron chi connectivity index (χ1n) is 6.32. The molecule has 1 fully saturated rings. The Labute approximate surface area is 103 Å². The molecule has 0 aliphatic carbocycles. The van der Waals surface area contributed by atoms with Crippen LogP contribution in [0.4, 0.5) is 5.69 Å². The van der Waals surface area contributed by atoms with Gasteiger partial charge in [0.2, 0.25) is 0 Å². The van der Waals surface area contributed by atoms with E-state index < -0.39 is 0 Å². The number of nitrogens with one attached hydrogen (secondary N) is 2. The van der Waals surface area contributed by atoms with E-state index in [1.165, 1.54) is 17.7 Å². The fraction of sp³-hybridized carbons (Fsp3) is 0.571. The Morgan fingerprint density at radius 3 is 2.94 bits per heavy atom. The van der Waals surface area contributed by atoms with Crippen molar-refractivity contribution in [3.05, 3.63) is 23.8 Å². The van der Waals surface area contributed by atoms with E-state index in [0.29, 0.717) is 12.0 Å². The maximum absolute atomic E-state index is 5.45. The van der Waals surface area contributed by atoms with Gasteiger partial charge in [-0.25, -0.2) is 0 Å². The largest absolute Gasteiger partial charge is 0.495 e. The van der Waals surface area contributed by atoms with Crippen LogP contribution >= 0.6 is 0 Å². The zero-order chi connectivity index (χ0) is 12.0. The topological polar surface area (TPSA) is 33.3 Å². The van der Waals surface area contributed by atoms with Gasteiger partial charge in [-0.2, -0.15) is 0 Å². The van der Waals surface area contributed by atoms with Crippen LogP contribution in [0.1, 0.15) is 31.7 Å². The number of ether oxygens (including phenoxy) is 1. The number of para-hydroxylation sites is 1. The van der Waals surface area contributed by atoms with Crippen LogP contribution in [-0.4, -0.2) is 25.2 Å². The first kappa shape index (κ1) is 10.9. The Balaban J connectivity index is 2.05. The maximum atomic E-state index is 5.45. The number of rotatable bonds is 1. The quantitative estimate of drug-likeness (QED) is 0.779. The Bertz CT molecular complexity index is 442. The van der Waals surface area contributed by atoms with E-state index >= 15 is 0 Å². The van der Waals surface area contributed by atoms with Crippen LogP contribution in [0.2, 0.25) is 0 Å². The third kappa shape index (κ3) is 1.53. The first-order chi connectivity index (χ1) is 8.13. The summed E-state index contributed by atoms with van der Waals surface area (Å²) in [7, 11) is 1.74. The molecule has 2 atom stereocenters. The van der Waals surface area contributed by atoms with E-state index in [9.17, 15) is 0 Å². The van der Waals surface area contributed by atoms with Crippen molar-refractivity contribution in [1.29, 1.82) is 0 Å². The lowest BCUT2D eigenvalue weighted by Gasteiger charge is -2.41. The smallest absolute Gasteiger partial charge is 0.142 e. The molecule has 0 radical (unpaired) electrons. The van der Waals surface area contributed by atoms with Gasteiger partial charge < -0.3 is 15.4 Å². The van der Waals surface area contributed by atoms with Gasteiger partial charge in [-0.1, -0.05) is 12.1 Å². The molecule has 2 unspecified atom stereocenters. The number of benzene rings is 1. The summed E-state index contributed by atoms with van der Waals surface area (Å²) >= 11 is 0. The van der Waals surface area contributed by atoms with Crippen molar-refractivity contribution >= 4 is 5.69 Å². The van der Waals surface area contributed by atoms with Gasteiger partial charge >= 0.3 is 0 Å². The molecule has 0 aromatic heterocycles. The summed E-state index contributed by atoms with van der Waals surface area (Å²) in [6.45, 7) is 5.64. The molecular weight excluding hydrogens is 212 g/mol. The number of piperidine rings is 1. The third-order valence-electron chi connectivity index (χ3n) is 4.19. The molecule has 2 aliphatic rings. The zero-order valence-corrected chi connectivity index (χ0v) is 10.7. The number of hydrogen-bond acceptors (Lipinski definition) is 3. The molecule has 3 heteroatoms. The van der Waals surface area contributed by atoms with Crippen LogP contribution in [0.5, 0.6) is 5.75 Å². The van der Waals surface area contributed by atoms with Gasteiger partial charge in [0.25, 0.3) is 0 Å². The van der Waals surface area contributed by atoms with Crippen molar-refractivity contribution in [2.24, 2.45) is 0 Å². The maximum Gasteiger partial charge on any atom is 0.142 e. The van der Waals surface area contributed by atoms with Gasteiger partial charge in [0.05, 0.1) is 18.8 Å². The Morgan fingerprint density at radius 2 is 2.18 bits per heavy atom. The molecule has 1 saturated heterocycles. The van der Waals surface area contributed by atoms with Crippen molar-refractivity contribution in [2.45, 2.75) is 37.8 Å². The highest BCUT2D eigenvalue weighted by Crippen LogP contribution is 2.47. The molecular formula is C14H20N2O. The second-order valence-corrected chi connectivity index (χ2v) is 5.59. The second-order valence-electron chi connectivity index (χ2n) is 5.59. The summed E-state index contributed by atoms with van der Waals surface area (Å²) in [5.41, 5.74) is 2.75. The normalized spacial score (nSPS) is 29.1. The SMILES string of the molecule is COc1cccc2c1NC1C2CCNC1(C)C. The van der Waals surface area contributed by atoms with Gasteiger partial charge in [0, 0.05) is 11.5 Å². The average Bonchev–Trinajstić information content (AvgIpc) is 2.69. The summed E-state index contributed by atoms with van der Waals surface area (Å²) in [6, 6.07) is 6.82. The Kier molecular flexibility index (Phi) is 2.33. The van der Waals surface area contributed by atoms with Crippen LogP contribution in [0.15, 0.2) is 18.2 Å². The molecule has 0 spiro atoms. The lowest BCUT2D eigenvalue weighted by Crippen LogP contribution is -2.57. The van der Waals surface area contributed by atoms with Crippen molar-refractivity contribution in [2.75, 3.05) is 19.0 Å². The summed E-state index contributed by atoms with van der Waals surface area (Å²) in [6.07, 6.45) is 1.20. The fourth-order valence-corrected chi connectivity index (χ4v) is 3.28. The lowest BCUT2D eigenvalue weighted by atomic mass is 9.78. The summed E-state index contributed by atoms with van der Waals surface area (Å²) in [4.78, 5) is 0. The molecule has 1 aromatic carbocycles. The third-order valence-corrected chi connectivity index (χ3v) is 4.19. The van der Waals surface area contributed by atoms with Crippen molar-refractivity contribution in [3.8, 4) is 5.75 Å². The summed E-state index contributed by atoms with van der Waals surface area (Å²) in [5.74, 6) is 1.57. The van der Waals surface area contributed by atoms with E-state index in [0.717, 1.165) is 12.3 Å². The monoisotopic (exact) mass is 232 g/mol. The molecule has 2 aliphatic heterocycles. The van der Waals surface area contributed by atoms with Crippen LogP contribution < -0.4 is 15.4 Å². The van der Waals surface area contributed by atoms with Crippen molar-refractivity contribution in [1.82, 2.24) is 5.32 Å². The minimum atomic E-state index is 0.132. The summed E-state index contributed by atoms with van der Waals surface area (Å²) in [5, 5.41) is 7.26. The average molecular weight is 232 g/mol. The molecule has 0 saturated carbocycles. The van der Waals surface area contributed by atoms with E-state index in [1.807, 2.05) is 6.07 Å². The predicted molar refractivity (Wildman–Crippen MR) is 69.8 cm³/mol. The molecule has 3 rings (SSSR count). The van der Waals surface area contributed by atoms with Gasteiger partial charge in [0.15, 0.2) is 0 Å².